The lowest BCUT2D eigenvalue weighted by Gasteiger charge is -2.32. The molecule has 1 amide bonds. The minimum atomic E-state index is -0.0547. The lowest BCUT2D eigenvalue weighted by atomic mass is 9.96. The van der Waals surface area contributed by atoms with Crippen molar-refractivity contribution >= 4 is 44.7 Å². The third-order valence-corrected chi connectivity index (χ3v) is 6.79. The molecule has 0 unspecified atom stereocenters. The minimum absolute atomic E-state index is 0.0356. The summed E-state index contributed by atoms with van der Waals surface area (Å²) in [6, 6.07) is 13.6. The Labute approximate surface area is 178 Å². The number of aromatic nitrogens is 1. The van der Waals surface area contributed by atoms with Crippen molar-refractivity contribution in [3.05, 3.63) is 62.7 Å². The average Bonchev–Trinajstić information content (AvgIpc) is 3.04. The normalized spacial score (nSPS) is 17.5. The van der Waals surface area contributed by atoms with Gasteiger partial charge in [0.25, 0.3) is 0 Å². The lowest BCUT2D eigenvalue weighted by Crippen LogP contribution is -2.40. The van der Waals surface area contributed by atoms with Gasteiger partial charge in [-0.05, 0) is 56.1 Å². The first-order chi connectivity index (χ1) is 14.0. The van der Waals surface area contributed by atoms with E-state index in [9.17, 15) is 9.59 Å². The molecule has 1 saturated heterocycles. The lowest BCUT2D eigenvalue weighted by molar-refractivity contribution is -0.121. The van der Waals surface area contributed by atoms with Gasteiger partial charge in [0.05, 0.1) is 16.1 Å². The Kier molecular flexibility index (Phi) is 6.04. The number of halogens is 1. The quantitative estimate of drug-likeness (QED) is 0.645. The second-order valence-electron chi connectivity index (χ2n) is 7.45. The van der Waals surface area contributed by atoms with Crippen molar-refractivity contribution in [2.24, 2.45) is 5.92 Å². The number of rotatable bonds is 5. The Bertz CT molecular complexity index is 1090. The van der Waals surface area contributed by atoms with Crippen molar-refractivity contribution in [2.75, 3.05) is 18.4 Å². The van der Waals surface area contributed by atoms with Gasteiger partial charge in [-0.15, -0.1) is 0 Å². The highest BCUT2D eigenvalue weighted by atomic mass is 35.5. The van der Waals surface area contributed by atoms with Gasteiger partial charge in [-0.3, -0.25) is 19.1 Å². The Hall–Kier alpha value is -2.15. The average molecular weight is 430 g/mol. The molecule has 4 rings (SSSR count). The SMILES string of the molecule is CCn1c(=O)sc2cc(NC(=O)[C@@H]3CCCN(Cc4ccccc4Cl)C3)ccc21. The van der Waals surface area contributed by atoms with E-state index in [2.05, 4.69) is 10.2 Å². The van der Waals surface area contributed by atoms with Gasteiger partial charge in [0.15, 0.2) is 0 Å². The van der Waals surface area contributed by atoms with E-state index in [1.165, 1.54) is 11.3 Å². The number of hydrogen-bond acceptors (Lipinski definition) is 4. The third-order valence-electron chi connectivity index (χ3n) is 5.48. The maximum atomic E-state index is 12.9. The number of thiazole rings is 1. The number of likely N-dealkylation sites (tertiary alicyclic amines) is 1. The van der Waals surface area contributed by atoms with Crippen molar-refractivity contribution in [3.63, 3.8) is 0 Å². The summed E-state index contributed by atoms with van der Waals surface area (Å²) >= 11 is 7.51. The number of aryl methyl sites for hydroxylation is 1. The molecule has 0 aliphatic carbocycles. The molecule has 1 aliphatic heterocycles. The predicted molar refractivity (Wildman–Crippen MR) is 120 cm³/mol. The second kappa shape index (κ2) is 8.69. The number of carbonyl (C=O) groups excluding carboxylic acids is 1. The molecule has 2 aromatic carbocycles. The summed E-state index contributed by atoms with van der Waals surface area (Å²) in [6.07, 6.45) is 1.87. The molecular weight excluding hydrogens is 406 g/mol. The first-order valence-corrected chi connectivity index (χ1v) is 11.1. The number of benzene rings is 2. The molecule has 1 fully saturated rings. The summed E-state index contributed by atoms with van der Waals surface area (Å²) in [5.41, 5.74) is 2.76. The highest BCUT2D eigenvalue weighted by Crippen LogP contribution is 2.25. The van der Waals surface area contributed by atoms with Crippen LogP contribution in [0.25, 0.3) is 10.2 Å². The van der Waals surface area contributed by atoms with E-state index in [0.717, 1.165) is 59.0 Å². The van der Waals surface area contributed by atoms with Gasteiger partial charge in [-0.2, -0.15) is 0 Å². The molecule has 0 saturated carbocycles. The highest BCUT2D eigenvalue weighted by Gasteiger charge is 2.26. The van der Waals surface area contributed by atoms with E-state index in [-0.39, 0.29) is 16.7 Å². The van der Waals surface area contributed by atoms with Crippen molar-refractivity contribution < 1.29 is 4.79 Å². The van der Waals surface area contributed by atoms with Crippen molar-refractivity contribution in [2.45, 2.75) is 32.9 Å². The summed E-state index contributed by atoms with van der Waals surface area (Å²) in [7, 11) is 0. The van der Waals surface area contributed by atoms with Gasteiger partial charge in [-0.1, -0.05) is 41.1 Å². The molecule has 1 aliphatic rings. The molecule has 0 radical (unpaired) electrons. The summed E-state index contributed by atoms with van der Waals surface area (Å²) in [5.74, 6) is -0.0172. The molecule has 2 heterocycles. The van der Waals surface area contributed by atoms with Gasteiger partial charge in [0.1, 0.15) is 0 Å². The molecule has 7 heteroatoms. The van der Waals surface area contributed by atoms with E-state index in [1.54, 1.807) is 4.57 Å². The molecule has 1 atom stereocenters. The zero-order valence-corrected chi connectivity index (χ0v) is 17.9. The van der Waals surface area contributed by atoms with Gasteiger partial charge in [0, 0.05) is 30.3 Å². The summed E-state index contributed by atoms with van der Waals surface area (Å²) in [6.45, 7) is 5.06. The fourth-order valence-electron chi connectivity index (χ4n) is 3.97. The fourth-order valence-corrected chi connectivity index (χ4v) is 5.16. The van der Waals surface area contributed by atoms with Gasteiger partial charge in [0.2, 0.25) is 5.91 Å². The first-order valence-electron chi connectivity index (χ1n) is 9.95. The summed E-state index contributed by atoms with van der Waals surface area (Å²) < 4.78 is 2.65. The number of fused-ring (bicyclic) bond motifs is 1. The van der Waals surface area contributed by atoms with Crippen LogP contribution in [0.3, 0.4) is 0 Å². The molecule has 152 valence electrons. The van der Waals surface area contributed by atoms with Crippen LogP contribution in [0.5, 0.6) is 0 Å². The Morgan fingerprint density at radius 2 is 2.10 bits per heavy atom. The van der Waals surface area contributed by atoms with Crippen molar-refractivity contribution in [1.82, 2.24) is 9.47 Å². The van der Waals surface area contributed by atoms with Crippen LogP contribution >= 0.6 is 22.9 Å². The molecule has 0 spiro atoms. The van der Waals surface area contributed by atoms with Crippen LogP contribution in [-0.4, -0.2) is 28.5 Å². The van der Waals surface area contributed by atoms with E-state index >= 15 is 0 Å². The fraction of sp³-hybridized carbons (Fsp3) is 0.364. The van der Waals surface area contributed by atoms with Crippen LogP contribution in [0, 0.1) is 5.92 Å². The second-order valence-corrected chi connectivity index (χ2v) is 8.85. The maximum absolute atomic E-state index is 12.9. The van der Waals surface area contributed by atoms with Crippen LogP contribution in [0.2, 0.25) is 5.02 Å². The van der Waals surface area contributed by atoms with Gasteiger partial charge in [-0.25, -0.2) is 0 Å². The number of piperidine rings is 1. The van der Waals surface area contributed by atoms with Gasteiger partial charge >= 0.3 is 4.87 Å². The number of nitrogens with zero attached hydrogens (tertiary/aromatic N) is 2. The molecule has 3 aromatic rings. The standard InChI is InChI=1S/C22H24ClN3O2S/c1-2-26-19-10-9-17(12-20(19)29-22(26)28)24-21(27)16-7-5-11-25(14-16)13-15-6-3-4-8-18(15)23/h3-4,6,8-10,12,16H,2,5,7,11,13-14H2,1H3,(H,24,27)/t16-/m1/s1. The number of hydrogen-bond donors (Lipinski definition) is 1. The van der Waals surface area contributed by atoms with Crippen LogP contribution in [0.15, 0.2) is 47.3 Å². The van der Waals surface area contributed by atoms with Crippen LogP contribution < -0.4 is 10.2 Å². The summed E-state index contributed by atoms with van der Waals surface area (Å²) in [5, 5.41) is 3.82. The number of carbonyl (C=O) groups is 1. The van der Waals surface area contributed by atoms with Crippen molar-refractivity contribution in [1.29, 1.82) is 0 Å². The Morgan fingerprint density at radius 3 is 2.90 bits per heavy atom. The van der Waals surface area contributed by atoms with E-state index in [4.69, 9.17) is 11.6 Å². The Morgan fingerprint density at radius 1 is 1.28 bits per heavy atom. The largest absolute Gasteiger partial charge is 0.326 e. The smallest absolute Gasteiger partial charge is 0.308 e. The Balaban J connectivity index is 1.43. The van der Waals surface area contributed by atoms with E-state index in [1.807, 2.05) is 49.4 Å². The molecular formula is C22H24ClN3O2S. The molecule has 1 aromatic heterocycles. The van der Waals surface area contributed by atoms with Gasteiger partial charge < -0.3 is 5.32 Å². The molecule has 29 heavy (non-hydrogen) atoms. The molecule has 5 nitrogen and oxygen atoms in total. The number of nitrogens with one attached hydrogen (secondary N) is 1. The minimum Gasteiger partial charge on any atom is -0.326 e. The zero-order valence-electron chi connectivity index (χ0n) is 16.4. The predicted octanol–water partition coefficient (Wildman–Crippen LogP) is 4.59. The van der Waals surface area contributed by atoms with Crippen LogP contribution in [0.1, 0.15) is 25.3 Å². The number of amides is 1. The highest BCUT2D eigenvalue weighted by molar-refractivity contribution is 7.16. The number of anilines is 1. The topological polar surface area (TPSA) is 54.3 Å². The summed E-state index contributed by atoms with van der Waals surface area (Å²) in [4.78, 5) is 27.2. The zero-order chi connectivity index (χ0) is 20.4. The van der Waals surface area contributed by atoms with Crippen molar-refractivity contribution in [3.8, 4) is 0 Å². The first kappa shape index (κ1) is 20.1. The van der Waals surface area contributed by atoms with E-state index < -0.39 is 0 Å². The molecule has 1 N–H and O–H groups in total. The van der Waals surface area contributed by atoms with Crippen LogP contribution in [0.4, 0.5) is 5.69 Å². The molecule has 0 bridgehead atoms. The monoisotopic (exact) mass is 429 g/mol. The maximum Gasteiger partial charge on any atom is 0.308 e. The van der Waals surface area contributed by atoms with Crippen LogP contribution in [-0.2, 0) is 17.9 Å². The van der Waals surface area contributed by atoms with E-state index in [0.29, 0.717) is 6.54 Å². The third kappa shape index (κ3) is 4.39.